The Bertz CT molecular complexity index is 1040. The molecule has 0 radical (unpaired) electrons. The second-order valence-electron chi connectivity index (χ2n) is 7.05. The highest BCUT2D eigenvalue weighted by Crippen LogP contribution is 2.43. The van der Waals surface area contributed by atoms with Crippen LogP contribution < -0.4 is 18.9 Å². The van der Waals surface area contributed by atoms with E-state index in [9.17, 15) is 9.59 Å². The van der Waals surface area contributed by atoms with Gasteiger partial charge in [0.15, 0.2) is 11.5 Å². The molecule has 1 aliphatic rings. The fourth-order valence-corrected chi connectivity index (χ4v) is 3.69. The molecule has 2 aromatic rings. The molecule has 170 valence electrons. The molecule has 1 N–H and O–H groups in total. The van der Waals surface area contributed by atoms with E-state index in [1.54, 1.807) is 32.4 Å². The van der Waals surface area contributed by atoms with Gasteiger partial charge in [0.1, 0.15) is 11.5 Å². The monoisotopic (exact) mass is 442 g/mol. The maximum absolute atomic E-state index is 13.0. The summed E-state index contributed by atoms with van der Waals surface area (Å²) in [5, 5.41) is 14.9. The van der Waals surface area contributed by atoms with Crippen LogP contribution in [0.25, 0.3) is 0 Å². The van der Waals surface area contributed by atoms with Crippen LogP contribution in [0.3, 0.4) is 0 Å². The summed E-state index contributed by atoms with van der Waals surface area (Å²) in [6.45, 7) is 0. The molecule has 1 aliphatic heterocycles. The number of benzene rings is 2. The van der Waals surface area contributed by atoms with Gasteiger partial charge in [0.05, 0.1) is 46.6 Å². The molecule has 0 saturated heterocycles. The number of hydrazone groups is 1. The average Bonchev–Trinajstić information content (AvgIpc) is 3.26. The first-order valence-corrected chi connectivity index (χ1v) is 9.98. The van der Waals surface area contributed by atoms with E-state index in [2.05, 4.69) is 5.10 Å². The number of hydrogen-bond acceptors (Lipinski definition) is 7. The van der Waals surface area contributed by atoms with E-state index in [1.165, 1.54) is 19.2 Å². The fourth-order valence-electron chi connectivity index (χ4n) is 3.69. The zero-order chi connectivity index (χ0) is 23.3. The Morgan fingerprint density at radius 3 is 2.38 bits per heavy atom. The highest BCUT2D eigenvalue weighted by Gasteiger charge is 2.36. The largest absolute Gasteiger partial charge is 0.497 e. The minimum absolute atomic E-state index is 0.172. The molecule has 0 bridgehead atoms. The fraction of sp³-hybridized carbons (Fsp3) is 0.348. The molecule has 1 heterocycles. The van der Waals surface area contributed by atoms with Crippen LogP contribution >= 0.6 is 0 Å². The summed E-state index contributed by atoms with van der Waals surface area (Å²) in [7, 11) is 6.18. The zero-order valence-corrected chi connectivity index (χ0v) is 18.5. The number of rotatable bonds is 9. The summed E-state index contributed by atoms with van der Waals surface area (Å²) in [4.78, 5) is 24.0. The van der Waals surface area contributed by atoms with Crippen molar-refractivity contribution in [1.82, 2.24) is 5.01 Å². The molecular weight excluding hydrogens is 416 g/mol. The van der Waals surface area contributed by atoms with Crippen molar-refractivity contribution in [3.8, 4) is 23.0 Å². The summed E-state index contributed by atoms with van der Waals surface area (Å²) in [6, 6.07) is 10.3. The maximum atomic E-state index is 13.0. The Hall–Kier alpha value is -3.75. The number of carbonyl (C=O) groups excluding carboxylic acids is 1. The number of hydrogen-bond donors (Lipinski definition) is 1. The van der Waals surface area contributed by atoms with Crippen LogP contribution in [0.15, 0.2) is 41.5 Å². The van der Waals surface area contributed by atoms with Crippen molar-refractivity contribution in [2.24, 2.45) is 5.10 Å². The van der Waals surface area contributed by atoms with E-state index >= 15 is 0 Å². The topological polar surface area (TPSA) is 107 Å². The molecule has 2 aromatic carbocycles. The molecular formula is C23H26N2O7. The molecule has 0 fully saturated rings. The molecule has 0 unspecified atom stereocenters. The van der Waals surface area contributed by atoms with Crippen molar-refractivity contribution in [2.45, 2.75) is 25.3 Å². The van der Waals surface area contributed by atoms with E-state index in [-0.39, 0.29) is 12.8 Å². The highest BCUT2D eigenvalue weighted by atomic mass is 16.5. The van der Waals surface area contributed by atoms with Crippen LogP contribution in [-0.4, -0.2) is 56.1 Å². The number of para-hydroxylation sites is 1. The highest BCUT2D eigenvalue weighted by molar-refractivity contribution is 6.05. The van der Waals surface area contributed by atoms with Crippen LogP contribution in [0.1, 0.15) is 36.4 Å². The van der Waals surface area contributed by atoms with Gasteiger partial charge >= 0.3 is 5.97 Å². The van der Waals surface area contributed by atoms with Crippen LogP contribution in [0, 0.1) is 0 Å². The maximum Gasteiger partial charge on any atom is 0.303 e. The SMILES string of the molecule is COc1ccc(C2=NN(C(=O)CCC(=O)O)[C@H](c3cccc(OC)c3OC)C2)c(OC)c1. The predicted molar refractivity (Wildman–Crippen MR) is 117 cm³/mol. The number of carboxylic acids is 1. The Morgan fingerprint density at radius 1 is 1.00 bits per heavy atom. The molecule has 0 spiro atoms. The first kappa shape index (κ1) is 22.9. The lowest BCUT2D eigenvalue weighted by molar-refractivity contribution is -0.141. The smallest absolute Gasteiger partial charge is 0.303 e. The number of ether oxygens (including phenoxy) is 4. The molecule has 9 nitrogen and oxygen atoms in total. The van der Waals surface area contributed by atoms with Crippen molar-refractivity contribution in [3.63, 3.8) is 0 Å². The van der Waals surface area contributed by atoms with Crippen LogP contribution in [0.4, 0.5) is 0 Å². The molecule has 1 atom stereocenters. The van der Waals surface area contributed by atoms with Gasteiger partial charge in [0.2, 0.25) is 5.91 Å². The first-order valence-electron chi connectivity index (χ1n) is 9.98. The van der Waals surface area contributed by atoms with Gasteiger partial charge in [0.25, 0.3) is 0 Å². The number of amides is 1. The van der Waals surface area contributed by atoms with E-state index in [0.29, 0.717) is 46.3 Å². The summed E-state index contributed by atoms with van der Waals surface area (Å²) in [6.07, 6.45) is -0.0757. The summed E-state index contributed by atoms with van der Waals surface area (Å²) in [5.41, 5.74) is 2.05. The lowest BCUT2D eigenvalue weighted by Crippen LogP contribution is -2.27. The number of carboxylic acid groups (broad SMARTS) is 1. The van der Waals surface area contributed by atoms with Gasteiger partial charge < -0.3 is 24.1 Å². The molecule has 0 saturated carbocycles. The van der Waals surface area contributed by atoms with Crippen molar-refractivity contribution >= 4 is 17.6 Å². The lowest BCUT2D eigenvalue weighted by atomic mass is 9.96. The summed E-state index contributed by atoms with van der Waals surface area (Å²) < 4.78 is 21.8. The Morgan fingerprint density at radius 2 is 1.75 bits per heavy atom. The van der Waals surface area contributed by atoms with Gasteiger partial charge in [-0.3, -0.25) is 9.59 Å². The van der Waals surface area contributed by atoms with Crippen LogP contribution in [0.5, 0.6) is 23.0 Å². The minimum Gasteiger partial charge on any atom is -0.497 e. The van der Waals surface area contributed by atoms with Crippen LogP contribution in [0.2, 0.25) is 0 Å². The van der Waals surface area contributed by atoms with Crippen molar-refractivity contribution in [3.05, 3.63) is 47.5 Å². The average molecular weight is 442 g/mol. The van der Waals surface area contributed by atoms with E-state index in [4.69, 9.17) is 24.1 Å². The lowest BCUT2D eigenvalue weighted by Gasteiger charge is -2.24. The third-order valence-corrected chi connectivity index (χ3v) is 5.23. The van der Waals surface area contributed by atoms with Crippen molar-refractivity contribution in [1.29, 1.82) is 0 Å². The third-order valence-electron chi connectivity index (χ3n) is 5.23. The van der Waals surface area contributed by atoms with Gasteiger partial charge in [-0.15, -0.1) is 0 Å². The Balaban J connectivity index is 2.05. The molecule has 0 aromatic heterocycles. The molecule has 1 amide bonds. The van der Waals surface area contributed by atoms with E-state index in [0.717, 1.165) is 0 Å². The standard InChI is InChI=1S/C23H26N2O7/c1-29-14-8-9-15(20(12-14)31-3)17-13-18(25(24-17)21(26)10-11-22(27)28)16-6-5-7-19(30-2)23(16)32-4/h5-9,12,18H,10-11,13H2,1-4H3,(H,27,28)/t18-/m0/s1. The Kier molecular flexibility index (Phi) is 7.19. The zero-order valence-electron chi connectivity index (χ0n) is 18.5. The van der Waals surface area contributed by atoms with Gasteiger partial charge in [-0.2, -0.15) is 5.10 Å². The number of carbonyl (C=O) groups is 2. The number of nitrogens with zero attached hydrogens (tertiary/aromatic N) is 2. The number of aliphatic carboxylic acids is 1. The minimum atomic E-state index is -1.05. The molecule has 32 heavy (non-hydrogen) atoms. The number of methoxy groups -OCH3 is 4. The Labute approximate surface area is 186 Å². The summed E-state index contributed by atoms with van der Waals surface area (Å²) in [5.74, 6) is 0.760. The normalized spacial score (nSPS) is 15.2. The predicted octanol–water partition coefficient (Wildman–Crippen LogP) is 3.26. The molecule has 3 rings (SSSR count). The third kappa shape index (κ3) is 4.61. The van der Waals surface area contributed by atoms with Crippen LogP contribution in [-0.2, 0) is 9.59 Å². The van der Waals surface area contributed by atoms with Gasteiger partial charge in [-0.05, 0) is 18.2 Å². The van der Waals surface area contributed by atoms with Gasteiger partial charge in [-0.25, -0.2) is 5.01 Å². The van der Waals surface area contributed by atoms with Gasteiger partial charge in [0, 0.05) is 30.0 Å². The van der Waals surface area contributed by atoms with E-state index in [1.807, 2.05) is 18.2 Å². The van der Waals surface area contributed by atoms with Crippen molar-refractivity contribution < 1.29 is 33.6 Å². The molecule has 0 aliphatic carbocycles. The first-order chi connectivity index (χ1) is 15.4. The van der Waals surface area contributed by atoms with Gasteiger partial charge in [-0.1, -0.05) is 12.1 Å². The quantitative estimate of drug-likeness (QED) is 0.635. The second kappa shape index (κ2) is 10.0. The van der Waals surface area contributed by atoms with E-state index < -0.39 is 17.9 Å². The van der Waals surface area contributed by atoms with Crippen molar-refractivity contribution in [2.75, 3.05) is 28.4 Å². The second-order valence-corrected chi connectivity index (χ2v) is 7.05. The molecule has 9 heteroatoms. The summed E-state index contributed by atoms with van der Waals surface area (Å²) >= 11 is 0.